The molecule has 1 saturated carbocycles. The molecule has 6 nitrogen and oxygen atoms in total. The van der Waals surface area contributed by atoms with Gasteiger partial charge in [-0.1, -0.05) is 12.1 Å². The molecule has 1 amide bonds. The van der Waals surface area contributed by atoms with E-state index in [1.54, 1.807) is 0 Å². The van der Waals surface area contributed by atoms with E-state index in [1.165, 1.54) is 12.8 Å². The summed E-state index contributed by atoms with van der Waals surface area (Å²) in [7, 11) is 2.05. The summed E-state index contributed by atoms with van der Waals surface area (Å²) < 4.78 is 5.73. The quantitative estimate of drug-likeness (QED) is 0.245. The Kier molecular flexibility index (Phi) is 9.50. The van der Waals surface area contributed by atoms with E-state index in [4.69, 9.17) is 9.73 Å². The average molecular weight is 500 g/mol. The molecule has 1 aromatic carbocycles. The van der Waals surface area contributed by atoms with Crippen molar-refractivity contribution >= 4 is 41.5 Å². The standard InChI is InChI=1S/C21H32N4O2.HI/c1-3-22-21(24(2)13-14-27-16-18-6-7-18)23-15-17-8-10-19(11-9-17)25-12-4-5-20(25)26;/h8-11,18H,3-7,12-16H2,1-2H3,(H,22,23);1H. The Morgan fingerprint density at radius 3 is 2.68 bits per heavy atom. The molecule has 0 unspecified atom stereocenters. The number of nitrogens with one attached hydrogen (secondary N) is 1. The topological polar surface area (TPSA) is 57.2 Å². The number of guanidine groups is 1. The van der Waals surface area contributed by atoms with E-state index >= 15 is 0 Å². The van der Waals surface area contributed by atoms with Crippen LogP contribution in [0.3, 0.4) is 0 Å². The van der Waals surface area contributed by atoms with E-state index in [0.717, 1.165) is 62.4 Å². The predicted octanol–water partition coefficient (Wildman–Crippen LogP) is 3.26. The van der Waals surface area contributed by atoms with Crippen molar-refractivity contribution in [2.24, 2.45) is 10.9 Å². The van der Waals surface area contributed by atoms with Gasteiger partial charge in [0.15, 0.2) is 5.96 Å². The van der Waals surface area contributed by atoms with Gasteiger partial charge in [0.1, 0.15) is 0 Å². The minimum atomic E-state index is 0. The third-order valence-corrected chi connectivity index (χ3v) is 5.05. The smallest absolute Gasteiger partial charge is 0.227 e. The van der Waals surface area contributed by atoms with Gasteiger partial charge in [0.05, 0.1) is 13.2 Å². The number of halogens is 1. The zero-order valence-electron chi connectivity index (χ0n) is 17.0. The van der Waals surface area contributed by atoms with Gasteiger partial charge in [0.2, 0.25) is 5.91 Å². The second-order valence-electron chi connectivity index (χ2n) is 7.43. The Morgan fingerprint density at radius 1 is 1.32 bits per heavy atom. The third kappa shape index (κ3) is 6.92. The molecular weight excluding hydrogens is 467 g/mol. The summed E-state index contributed by atoms with van der Waals surface area (Å²) in [6.45, 7) is 6.81. The molecule has 3 rings (SSSR count). The molecule has 0 bridgehead atoms. The minimum absolute atomic E-state index is 0. The normalized spacial score (nSPS) is 16.9. The first-order chi connectivity index (χ1) is 13.2. The second-order valence-corrected chi connectivity index (χ2v) is 7.43. The zero-order valence-corrected chi connectivity index (χ0v) is 19.4. The van der Waals surface area contributed by atoms with Crippen LogP contribution in [0.15, 0.2) is 29.3 Å². The summed E-state index contributed by atoms with van der Waals surface area (Å²) in [4.78, 5) is 20.6. The molecule has 0 spiro atoms. The van der Waals surface area contributed by atoms with Crippen LogP contribution in [0, 0.1) is 5.92 Å². The molecule has 1 N–H and O–H groups in total. The Morgan fingerprint density at radius 2 is 2.07 bits per heavy atom. The Balaban J connectivity index is 0.00000280. The highest BCUT2D eigenvalue weighted by Gasteiger charge is 2.22. The van der Waals surface area contributed by atoms with Gasteiger partial charge in [-0.15, -0.1) is 24.0 Å². The predicted molar refractivity (Wildman–Crippen MR) is 124 cm³/mol. The molecule has 2 fully saturated rings. The molecule has 7 heteroatoms. The van der Waals surface area contributed by atoms with Crippen LogP contribution in [-0.4, -0.2) is 56.7 Å². The van der Waals surface area contributed by atoms with Crippen molar-refractivity contribution in [3.63, 3.8) is 0 Å². The van der Waals surface area contributed by atoms with Gasteiger partial charge in [-0.05, 0) is 49.8 Å². The first kappa shape index (κ1) is 22.9. The van der Waals surface area contributed by atoms with Crippen molar-refractivity contribution in [1.82, 2.24) is 10.2 Å². The fourth-order valence-electron chi connectivity index (χ4n) is 3.18. The molecule has 156 valence electrons. The van der Waals surface area contributed by atoms with E-state index in [2.05, 4.69) is 29.3 Å². The minimum Gasteiger partial charge on any atom is -0.379 e. The van der Waals surface area contributed by atoms with Crippen LogP contribution in [0.2, 0.25) is 0 Å². The molecule has 0 aromatic heterocycles. The fourth-order valence-corrected chi connectivity index (χ4v) is 3.18. The number of aliphatic imine (C=N–C) groups is 1. The van der Waals surface area contributed by atoms with Crippen LogP contribution < -0.4 is 10.2 Å². The lowest BCUT2D eigenvalue weighted by molar-refractivity contribution is -0.117. The number of hydrogen-bond acceptors (Lipinski definition) is 3. The van der Waals surface area contributed by atoms with Crippen LogP contribution in [-0.2, 0) is 16.1 Å². The molecule has 1 aliphatic heterocycles. The van der Waals surface area contributed by atoms with Crippen LogP contribution in [0.1, 0.15) is 38.2 Å². The summed E-state index contributed by atoms with van der Waals surface area (Å²) in [5.41, 5.74) is 2.13. The number of likely N-dealkylation sites (N-methyl/N-ethyl adjacent to an activating group) is 1. The Bertz CT molecular complexity index is 646. The van der Waals surface area contributed by atoms with Crippen molar-refractivity contribution in [3.8, 4) is 0 Å². The van der Waals surface area contributed by atoms with Crippen LogP contribution >= 0.6 is 24.0 Å². The number of anilines is 1. The van der Waals surface area contributed by atoms with E-state index in [1.807, 2.05) is 24.1 Å². The monoisotopic (exact) mass is 500 g/mol. The van der Waals surface area contributed by atoms with E-state index < -0.39 is 0 Å². The number of carbonyl (C=O) groups is 1. The van der Waals surface area contributed by atoms with Crippen LogP contribution in [0.25, 0.3) is 0 Å². The van der Waals surface area contributed by atoms with Crippen molar-refractivity contribution in [2.45, 2.75) is 39.2 Å². The van der Waals surface area contributed by atoms with Crippen LogP contribution in [0.5, 0.6) is 0 Å². The van der Waals surface area contributed by atoms with Gasteiger partial charge in [-0.3, -0.25) is 4.79 Å². The highest BCUT2D eigenvalue weighted by Crippen LogP contribution is 2.28. The Labute approximate surface area is 185 Å². The molecule has 0 radical (unpaired) electrons. The lowest BCUT2D eigenvalue weighted by atomic mass is 10.2. The van der Waals surface area contributed by atoms with E-state index in [-0.39, 0.29) is 29.9 Å². The summed E-state index contributed by atoms with van der Waals surface area (Å²) in [6, 6.07) is 8.17. The maximum atomic E-state index is 11.9. The molecule has 2 aliphatic rings. The second kappa shape index (κ2) is 11.6. The van der Waals surface area contributed by atoms with Gasteiger partial charge in [-0.25, -0.2) is 4.99 Å². The molecule has 0 atom stereocenters. The molecule has 28 heavy (non-hydrogen) atoms. The van der Waals surface area contributed by atoms with Crippen molar-refractivity contribution in [2.75, 3.05) is 44.8 Å². The first-order valence-electron chi connectivity index (χ1n) is 10.1. The third-order valence-electron chi connectivity index (χ3n) is 5.05. The number of benzene rings is 1. The molecule has 1 aliphatic carbocycles. The SMILES string of the molecule is CCNC(=NCc1ccc(N2CCCC2=O)cc1)N(C)CCOCC1CC1.I. The fraction of sp³-hybridized carbons (Fsp3) is 0.619. The number of amides is 1. The lowest BCUT2D eigenvalue weighted by Gasteiger charge is -2.22. The maximum absolute atomic E-state index is 11.9. The molecular formula is C21H33IN4O2. The average Bonchev–Trinajstić information content (AvgIpc) is 3.41. The molecule has 1 saturated heterocycles. The Hall–Kier alpha value is -1.35. The maximum Gasteiger partial charge on any atom is 0.227 e. The molecule has 1 aromatic rings. The largest absolute Gasteiger partial charge is 0.379 e. The number of ether oxygens (including phenoxy) is 1. The van der Waals surface area contributed by atoms with E-state index in [9.17, 15) is 4.79 Å². The van der Waals surface area contributed by atoms with Gasteiger partial charge in [-0.2, -0.15) is 0 Å². The van der Waals surface area contributed by atoms with Gasteiger partial charge in [0.25, 0.3) is 0 Å². The summed E-state index contributed by atoms with van der Waals surface area (Å²) in [5.74, 6) is 1.92. The van der Waals surface area contributed by atoms with Crippen LogP contribution in [0.4, 0.5) is 5.69 Å². The number of rotatable bonds is 9. The summed E-state index contributed by atoms with van der Waals surface area (Å²) >= 11 is 0. The van der Waals surface area contributed by atoms with E-state index in [0.29, 0.717) is 13.0 Å². The number of nitrogens with zero attached hydrogens (tertiary/aromatic N) is 3. The highest BCUT2D eigenvalue weighted by atomic mass is 127. The summed E-state index contributed by atoms with van der Waals surface area (Å²) in [5, 5.41) is 3.34. The van der Waals surface area contributed by atoms with Crippen molar-refractivity contribution in [1.29, 1.82) is 0 Å². The van der Waals surface area contributed by atoms with Gasteiger partial charge < -0.3 is 19.9 Å². The number of carbonyl (C=O) groups excluding carboxylic acids is 1. The first-order valence-corrected chi connectivity index (χ1v) is 10.1. The highest BCUT2D eigenvalue weighted by molar-refractivity contribution is 14.0. The zero-order chi connectivity index (χ0) is 19.1. The molecule has 1 heterocycles. The lowest BCUT2D eigenvalue weighted by Crippen LogP contribution is -2.40. The van der Waals surface area contributed by atoms with Gasteiger partial charge >= 0.3 is 0 Å². The summed E-state index contributed by atoms with van der Waals surface area (Å²) in [6.07, 6.45) is 4.26. The number of hydrogen-bond donors (Lipinski definition) is 1. The van der Waals surface area contributed by atoms with Gasteiger partial charge in [0, 0.05) is 45.4 Å². The van der Waals surface area contributed by atoms with Crippen molar-refractivity contribution in [3.05, 3.63) is 29.8 Å². The van der Waals surface area contributed by atoms with Crippen molar-refractivity contribution < 1.29 is 9.53 Å².